The minimum atomic E-state index is -2.65. The molecule has 0 unspecified atom stereocenters. The normalized spacial score (nSPS) is 11.9. The van der Waals surface area contributed by atoms with Crippen molar-refractivity contribution in [3.8, 4) is 0 Å². The molecule has 0 aromatic heterocycles. The lowest BCUT2D eigenvalue weighted by Crippen LogP contribution is -2.41. The highest BCUT2D eigenvalue weighted by molar-refractivity contribution is 7.87. The Labute approximate surface area is 240 Å². The molecule has 4 aromatic rings. The van der Waals surface area contributed by atoms with E-state index in [2.05, 4.69) is 135 Å². The molecule has 0 heterocycles. The molecule has 39 heavy (non-hydrogen) atoms. The number of thiocarbonyl (C=S) groups is 1. The van der Waals surface area contributed by atoms with Crippen molar-refractivity contribution in [3.63, 3.8) is 0 Å². The molecule has 0 saturated carbocycles. The number of rotatable bonds is 10. The van der Waals surface area contributed by atoms with Crippen LogP contribution in [0.4, 0.5) is 0 Å². The van der Waals surface area contributed by atoms with Crippen molar-refractivity contribution in [2.75, 3.05) is 0 Å². The van der Waals surface area contributed by atoms with Gasteiger partial charge in [0.2, 0.25) is 0 Å². The van der Waals surface area contributed by atoms with E-state index >= 15 is 0 Å². The highest BCUT2D eigenvalue weighted by atomic mass is 32.3. The second-order valence-corrected chi connectivity index (χ2v) is 10.2. The Hall–Kier alpha value is -3.25. The van der Waals surface area contributed by atoms with Crippen molar-refractivity contribution in [2.24, 2.45) is 0 Å². The third-order valence-electron chi connectivity index (χ3n) is 5.52. The van der Waals surface area contributed by atoms with E-state index < -0.39 is 22.7 Å². The lowest BCUT2D eigenvalue weighted by molar-refractivity contribution is 0.307. The summed E-state index contributed by atoms with van der Waals surface area (Å²) in [6, 6.07) is 42.3. The van der Waals surface area contributed by atoms with Gasteiger partial charge in [0.25, 0.3) is 0 Å². The summed E-state index contributed by atoms with van der Waals surface area (Å²) >= 11 is 0.854. The first-order chi connectivity index (χ1) is 18.9. The maximum Gasteiger partial charge on any atom is 0.317 e. The predicted octanol–water partition coefficient (Wildman–Crippen LogP) is 5.95. The van der Waals surface area contributed by atoms with Crippen LogP contribution in [0.5, 0.6) is 0 Å². The van der Waals surface area contributed by atoms with Crippen LogP contribution in [0.3, 0.4) is 0 Å². The molecule has 0 aliphatic carbocycles. The quantitative estimate of drug-likeness (QED) is 0.175. The summed E-state index contributed by atoms with van der Waals surface area (Å²) in [5, 5.41) is 0.866. The first-order valence-electron chi connectivity index (χ1n) is 12.0. The van der Waals surface area contributed by atoms with Crippen molar-refractivity contribution in [1.29, 1.82) is 0 Å². The summed E-state index contributed by atoms with van der Waals surface area (Å²) in [4.78, 5) is 4.62. The van der Waals surface area contributed by atoms with E-state index in [0.29, 0.717) is 0 Å². The summed E-state index contributed by atoms with van der Waals surface area (Å²) in [7, 11) is 0. The minimum absolute atomic E-state index is 0.772. The summed E-state index contributed by atoms with van der Waals surface area (Å²) in [5.74, 6) is 0. The van der Waals surface area contributed by atoms with Crippen molar-refractivity contribution in [1.82, 2.24) is 9.80 Å². The second-order valence-electron chi connectivity index (χ2n) is 8.44. The average molecular weight is 583 g/mol. The highest BCUT2D eigenvalue weighted by Gasteiger charge is 2.19. The first-order valence-corrected chi connectivity index (χ1v) is 14.5. The molecule has 0 spiro atoms. The van der Waals surface area contributed by atoms with Gasteiger partial charge < -0.3 is 9.80 Å². The SMILES string of the molecule is O=S(O)OS(=O)O.S=C(N(Cc1ccccc1)Cc1ccccc1)N(Cc1ccccc1)Cc1ccccc1. The van der Waals surface area contributed by atoms with E-state index in [9.17, 15) is 8.42 Å². The van der Waals surface area contributed by atoms with Crippen molar-refractivity contribution in [2.45, 2.75) is 26.2 Å². The van der Waals surface area contributed by atoms with Gasteiger partial charge in [0.05, 0.1) is 0 Å². The fourth-order valence-corrected chi connectivity index (χ4v) is 4.50. The third kappa shape index (κ3) is 11.6. The van der Waals surface area contributed by atoms with Gasteiger partial charge in [-0.05, 0) is 34.5 Å². The fourth-order valence-electron chi connectivity index (χ4n) is 3.85. The van der Waals surface area contributed by atoms with Gasteiger partial charge in [-0.2, -0.15) is 8.42 Å². The Morgan fingerprint density at radius 1 is 0.538 bits per heavy atom. The average Bonchev–Trinajstić information content (AvgIpc) is 2.94. The molecule has 204 valence electrons. The lowest BCUT2D eigenvalue weighted by atomic mass is 10.1. The molecule has 4 aromatic carbocycles. The van der Waals surface area contributed by atoms with Crippen LogP contribution in [0.25, 0.3) is 0 Å². The molecule has 2 N–H and O–H groups in total. The van der Waals surface area contributed by atoms with Crippen LogP contribution in [-0.4, -0.2) is 32.4 Å². The van der Waals surface area contributed by atoms with E-state index in [-0.39, 0.29) is 0 Å². The maximum absolute atomic E-state index is 9.35. The van der Waals surface area contributed by atoms with Gasteiger partial charge in [0.15, 0.2) is 5.11 Å². The molecule has 4 rings (SSSR count). The number of nitrogens with zero attached hydrogens (tertiary/aromatic N) is 2. The Kier molecular flexibility index (Phi) is 12.9. The minimum Gasteiger partial charge on any atom is -0.340 e. The molecule has 0 amide bonds. The number of benzene rings is 4. The summed E-state index contributed by atoms with van der Waals surface area (Å²) in [6.07, 6.45) is 0. The second kappa shape index (κ2) is 16.7. The standard InChI is InChI=1S/C29H28N2S.H2O5S2/c32-29(30(21-25-13-5-1-6-14-25)22-26-15-7-2-8-16-26)31(23-27-17-9-3-10-18-27)24-28-19-11-4-12-20-28;1-6(2)5-7(3)4/h1-20H,21-24H2;(H,1,2)(H,3,4). The Morgan fingerprint density at radius 2 is 0.769 bits per heavy atom. The van der Waals surface area contributed by atoms with Crippen LogP contribution < -0.4 is 0 Å². The first kappa shape index (κ1) is 30.3. The van der Waals surface area contributed by atoms with Crippen LogP contribution in [-0.2, 0) is 52.5 Å². The zero-order chi connectivity index (χ0) is 27.9. The molecule has 0 aliphatic heterocycles. The van der Waals surface area contributed by atoms with E-state index in [1.54, 1.807) is 0 Å². The van der Waals surface area contributed by atoms with Gasteiger partial charge in [0.1, 0.15) is 0 Å². The molecular formula is C29H30N2O5S3. The topological polar surface area (TPSA) is 90.3 Å². The molecule has 0 bridgehead atoms. The van der Waals surface area contributed by atoms with Crippen LogP contribution in [0.1, 0.15) is 22.3 Å². The largest absolute Gasteiger partial charge is 0.340 e. The van der Waals surface area contributed by atoms with Crippen LogP contribution >= 0.6 is 12.2 Å². The lowest BCUT2D eigenvalue weighted by Gasteiger charge is -2.34. The van der Waals surface area contributed by atoms with Crippen LogP contribution in [0.15, 0.2) is 121 Å². The van der Waals surface area contributed by atoms with Gasteiger partial charge in [-0.1, -0.05) is 121 Å². The van der Waals surface area contributed by atoms with E-state index in [1.165, 1.54) is 22.3 Å². The molecular weight excluding hydrogens is 553 g/mol. The van der Waals surface area contributed by atoms with E-state index in [1.807, 2.05) is 0 Å². The Morgan fingerprint density at radius 3 is 0.949 bits per heavy atom. The van der Waals surface area contributed by atoms with Gasteiger partial charge in [0, 0.05) is 26.2 Å². The zero-order valence-corrected chi connectivity index (χ0v) is 23.6. The monoisotopic (exact) mass is 582 g/mol. The van der Waals surface area contributed by atoms with Gasteiger partial charge >= 0.3 is 22.7 Å². The molecule has 7 nitrogen and oxygen atoms in total. The summed E-state index contributed by atoms with van der Waals surface area (Å²) in [5.41, 5.74) is 5.02. The van der Waals surface area contributed by atoms with E-state index in [0.717, 1.165) is 31.3 Å². The molecule has 0 fully saturated rings. The maximum atomic E-state index is 9.35. The molecule has 0 aliphatic rings. The summed E-state index contributed by atoms with van der Waals surface area (Å²) in [6.45, 7) is 3.09. The number of hydrogen-bond donors (Lipinski definition) is 2. The fraction of sp³-hybridized carbons (Fsp3) is 0.138. The van der Waals surface area contributed by atoms with Gasteiger partial charge in [-0.25, -0.2) is 0 Å². The number of hydrogen-bond acceptors (Lipinski definition) is 4. The van der Waals surface area contributed by atoms with Crippen LogP contribution in [0, 0.1) is 0 Å². The van der Waals surface area contributed by atoms with Crippen LogP contribution in [0.2, 0.25) is 0 Å². The Balaban J connectivity index is 0.000000532. The predicted molar refractivity (Wildman–Crippen MR) is 159 cm³/mol. The van der Waals surface area contributed by atoms with Gasteiger partial charge in [-0.15, -0.1) is 3.63 Å². The van der Waals surface area contributed by atoms with Gasteiger partial charge in [-0.3, -0.25) is 9.11 Å². The molecule has 0 radical (unpaired) electrons. The summed E-state index contributed by atoms with van der Waals surface area (Å²) < 4.78 is 37.2. The van der Waals surface area contributed by atoms with Crippen molar-refractivity contribution in [3.05, 3.63) is 144 Å². The zero-order valence-electron chi connectivity index (χ0n) is 21.1. The smallest absolute Gasteiger partial charge is 0.317 e. The molecule has 0 saturated heterocycles. The van der Waals surface area contributed by atoms with E-state index in [4.69, 9.17) is 21.3 Å². The highest BCUT2D eigenvalue weighted by Crippen LogP contribution is 2.18. The van der Waals surface area contributed by atoms with Crippen molar-refractivity contribution < 1.29 is 21.2 Å². The molecule has 10 heteroatoms. The van der Waals surface area contributed by atoms with Crippen molar-refractivity contribution >= 4 is 40.1 Å². The Bertz CT molecular complexity index is 1130. The third-order valence-corrected chi connectivity index (χ3v) is 6.97. The molecule has 0 atom stereocenters.